The van der Waals surface area contributed by atoms with Crippen LogP contribution in [0.3, 0.4) is 0 Å². The number of aromatic nitrogens is 2. The summed E-state index contributed by atoms with van der Waals surface area (Å²) in [4.78, 5) is 16.4. The quantitative estimate of drug-likeness (QED) is 0.831. The molecule has 118 valence electrons. The van der Waals surface area contributed by atoms with E-state index in [0.717, 1.165) is 25.2 Å². The van der Waals surface area contributed by atoms with E-state index in [1.165, 1.54) is 0 Å². The molecule has 2 rings (SSSR count). The molecule has 0 spiro atoms. The Hall–Kier alpha value is -1.40. The third-order valence-corrected chi connectivity index (χ3v) is 3.96. The van der Waals surface area contributed by atoms with Gasteiger partial charge in [-0.1, -0.05) is 0 Å². The molecule has 0 aromatic carbocycles. The molecule has 1 fully saturated rings. The molecule has 1 aromatic rings. The lowest BCUT2D eigenvalue weighted by Gasteiger charge is -2.20. The zero-order valence-corrected chi connectivity index (χ0v) is 13.0. The van der Waals surface area contributed by atoms with E-state index >= 15 is 0 Å². The van der Waals surface area contributed by atoms with Crippen molar-refractivity contribution in [1.82, 2.24) is 14.9 Å². The highest BCUT2D eigenvalue weighted by atomic mass is 16.5. The van der Waals surface area contributed by atoms with Crippen LogP contribution in [0.5, 0.6) is 0 Å². The fourth-order valence-corrected chi connectivity index (χ4v) is 2.57. The molecule has 0 saturated carbocycles. The van der Waals surface area contributed by atoms with Crippen LogP contribution in [0.25, 0.3) is 0 Å². The highest BCUT2D eigenvalue weighted by molar-refractivity contribution is 5.76. The van der Waals surface area contributed by atoms with Gasteiger partial charge in [-0.3, -0.25) is 4.79 Å². The van der Waals surface area contributed by atoms with Gasteiger partial charge in [-0.2, -0.15) is 0 Å². The number of carbonyl (C=O) groups is 1. The number of methoxy groups -OCH3 is 1. The molecule has 0 bridgehead atoms. The molecule has 0 aliphatic carbocycles. The van der Waals surface area contributed by atoms with Gasteiger partial charge >= 0.3 is 0 Å². The second kappa shape index (κ2) is 7.56. The molecular weight excluding hydrogens is 270 g/mol. The van der Waals surface area contributed by atoms with Gasteiger partial charge < -0.3 is 19.4 Å². The minimum atomic E-state index is -0.149. The molecule has 1 aliphatic heterocycles. The smallest absolute Gasteiger partial charge is 0.220 e. The van der Waals surface area contributed by atoms with Crippen LogP contribution >= 0.6 is 0 Å². The number of nitrogens with one attached hydrogen (secondary N) is 1. The molecule has 1 amide bonds. The van der Waals surface area contributed by atoms with Gasteiger partial charge in [0, 0.05) is 39.1 Å². The van der Waals surface area contributed by atoms with Gasteiger partial charge in [0.15, 0.2) is 0 Å². The Bertz CT molecular complexity index is 461. The summed E-state index contributed by atoms with van der Waals surface area (Å²) in [5.74, 6) is 0.944. The summed E-state index contributed by atoms with van der Waals surface area (Å²) in [5, 5.41) is 3.08. The van der Waals surface area contributed by atoms with Gasteiger partial charge in [-0.25, -0.2) is 4.98 Å². The van der Waals surface area contributed by atoms with Crippen molar-refractivity contribution in [1.29, 1.82) is 0 Å². The Balaban J connectivity index is 1.92. The molecule has 1 aromatic heterocycles. The van der Waals surface area contributed by atoms with Gasteiger partial charge in [0.05, 0.1) is 12.1 Å². The lowest BCUT2D eigenvalue weighted by atomic mass is 10.1. The summed E-state index contributed by atoms with van der Waals surface area (Å²) in [5.41, 5.74) is 0. The van der Waals surface area contributed by atoms with E-state index in [1.54, 1.807) is 13.3 Å². The fourth-order valence-electron chi connectivity index (χ4n) is 2.57. The van der Waals surface area contributed by atoms with E-state index in [0.29, 0.717) is 13.0 Å². The number of imidazole rings is 1. The summed E-state index contributed by atoms with van der Waals surface area (Å²) >= 11 is 0. The first kappa shape index (κ1) is 16.0. The highest BCUT2D eigenvalue weighted by Gasteiger charge is 2.33. The number of amides is 1. The van der Waals surface area contributed by atoms with Crippen LogP contribution in [0, 0.1) is 0 Å². The number of carbonyl (C=O) groups excluding carboxylic acids is 1. The summed E-state index contributed by atoms with van der Waals surface area (Å²) in [7, 11) is 1.66. The van der Waals surface area contributed by atoms with E-state index in [9.17, 15) is 4.79 Å². The highest BCUT2D eigenvalue weighted by Crippen LogP contribution is 2.28. The molecule has 1 N–H and O–H groups in total. The van der Waals surface area contributed by atoms with E-state index < -0.39 is 0 Å². The van der Waals surface area contributed by atoms with Gasteiger partial charge in [0.1, 0.15) is 11.9 Å². The Morgan fingerprint density at radius 1 is 1.67 bits per heavy atom. The molecule has 6 nitrogen and oxygen atoms in total. The summed E-state index contributed by atoms with van der Waals surface area (Å²) in [6, 6.07) is 0.00283. The molecule has 1 saturated heterocycles. The lowest BCUT2D eigenvalue weighted by Crippen LogP contribution is -2.37. The predicted octanol–water partition coefficient (Wildman–Crippen LogP) is 1.66. The number of nitrogens with zero attached hydrogens (tertiary/aromatic N) is 2. The number of ether oxygens (including phenoxy) is 2. The SMILES string of the molecule is CCn1ccnc1[C@H]1OCC[C@@H]1NC(=O)CC[C@@H](C)OC. The predicted molar refractivity (Wildman–Crippen MR) is 78.8 cm³/mol. The first-order chi connectivity index (χ1) is 10.2. The van der Waals surface area contributed by atoms with Crippen molar-refractivity contribution in [2.45, 2.75) is 57.9 Å². The largest absolute Gasteiger partial charge is 0.382 e. The lowest BCUT2D eigenvalue weighted by molar-refractivity contribution is -0.122. The maximum atomic E-state index is 12.0. The summed E-state index contributed by atoms with van der Waals surface area (Å²) < 4.78 is 13.0. The second-order valence-corrected chi connectivity index (χ2v) is 5.41. The molecule has 1 aliphatic rings. The van der Waals surface area contributed by atoms with Gasteiger partial charge in [0.25, 0.3) is 0 Å². The van der Waals surface area contributed by atoms with Gasteiger partial charge in [-0.15, -0.1) is 0 Å². The number of rotatable bonds is 7. The zero-order chi connectivity index (χ0) is 15.2. The van der Waals surface area contributed by atoms with Crippen molar-refractivity contribution in [2.75, 3.05) is 13.7 Å². The van der Waals surface area contributed by atoms with Crippen LogP contribution in [0.1, 0.15) is 45.0 Å². The first-order valence-corrected chi connectivity index (χ1v) is 7.60. The second-order valence-electron chi connectivity index (χ2n) is 5.41. The molecule has 21 heavy (non-hydrogen) atoms. The van der Waals surface area contributed by atoms with Crippen LogP contribution in [0.15, 0.2) is 12.4 Å². The zero-order valence-electron chi connectivity index (χ0n) is 13.0. The maximum absolute atomic E-state index is 12.0. The monoisotopic (exact) mass is 295 g/mol. The Labute approximate surface area is 125 Å². The molecule has 0 unspecified atom stereocenters. The topological polar surface area (TPSA) is 65.4 Å². The molecule has 0 radical (unpaired) electrons. The van der Waals surface area contributed by atoms with Gasteiger partial charge in [-0.05, 0) is 26.7 Å². The molecule has 3 atom stereocenters. The van der Waals surface area contributed by atoms with Crippen molar-refractivity contribution in [3.63, 3.8) is 0 Å². The van der Waals surface area contributed by atoms with E-state index in [-0.39, 0.29) is 24.2 Å². The fraction of sp³-hybridized carbons (Fsp3) is 0.733. The first-order valence-electron chi connectivity index (χ1n) is 7.60. The number of aryl methyl sites for hydroxylation is 1. The van der Waals surface area contributed by atoms with Crippen LogP contribution in [0.2, 0.25) is 0 Å². The number of hydrogen-bond donors (Lipinski definition) is 1. The Morgan fingerprint density at radius 3 is 3.19 bits per heavy atom. The third-order valence-electron chi connectivity index (χ3n) is 3.96. The minimum Gasteiger partial charge on any atom is -0.382 e. The van der Waals surface area contributed by atoms with Crippen LogP contribution in [-0.4, -0.2) is 41.3 Å². The average molecular weight is 295 g/mol. The van der Waals surface area contributed by atoms with Crippen molar-refractivity contribution in [3.05, 3.63) is 18.2 Å². The Kier molecular flexibility index (Phi) is 5.76. The van der Waals surface area contributed by atoms with Crippen LogP contribution in [0.4, 0.5) is 0 Å². The van der Waals surface area contributed by atoms with E-state index in [2.05, 4.69) is 21.8 Å². The van der Waals surface area contributed by atoms with E-state index in [1.807, 2.05) is 13.1 Å². The molecule has 6 heteroatoms. The number of hydrogen-bond acceptors (Lipinski definition) is 4. The van der Waals surface area contributed by atoms with Crippen molar-refractivity contribution >= 4 is 5.91 Å². The summed E-state index contributed by atoms with van der Waals surface area (Å²) in [6.45, 7) is 5.54. The van der Waals surface area contributed by atoms with Crippen LogP contribution in [-0.2, 0) is 20.8 Å². The normalized spacial score (nSPS) is 23.2. The Morgan fingerprint density at radius 2 is 2.48 bits per heavy atom. The average Bonchev–Trinajstić information content (AvgIpc) is 3.12. The molecular formula is C15H25N3O3. The van der Waals surface area contributed by atoms with Crippen molar-refractivity contribution in [3.8, 4) is 0 Å². The minimum absolute atomic E-state index is 0.00283. The van der Waals surface area contributed by atoms with E-state index in [4.69, 9.17) is 9.47 Å². The third kappa shape index (κ3) is 4.04. The maximum Gasteiger partial charge on any atom is 0.220 e. The summed E-state index contributed by atoms with van der Waals surface area (Å²) in [6.07, 6.45) is 5.70. The van der Waals surface area contributed by atoms with Crippen molar-refractivity contribution < 1.29 is 14.3 Å². The molecule has 2 heterocycles. The van der Waals surface area contributed by atoms with Crippen molar-refractivity contribution in [2.24, 2.45) is 0 Å². The standard InChI is InChI=1S/C15H25N3O3/c1-4-18-9-8-16-15(18)14-12(7-10-21-14)17-13(19)6-5-11(2)20-3/h8-9,11-12,14H,4-7,10H2,1-3H3,(H,17,19)/t11-,12+,14+/m1/s1. The van der Waals surface area contributed by atoms with Gasteiger partial charge in [0.2, 0.25) is 5.91 Å². The van der Waals surface area contributed by atoms with Crippen LogP contribution < -0.4 is 5.32 Å².